The van der Waals surface area contributed by atoms with Gasteiger partial charge in [-0.05, 0) is 18.6 Å². The zero-order chi connectivity index (χ0) is 15.6. The predicted octanol–water partition coefficient (Wildman–Crippen LogP) is 2.54. The highest BCUT2D eigenvalue weighted by Gasteiger charge is 2.21. The lowest BCUT2D eigenvalue weighted by atomic mass is 10.2. The average Bonchev–Trinajstić information content (AvgIpc) is 2.80. The molecule has 0 aliphatic heterocycles. The molecule has 0 radical (unpaired) electrons. The number of aromatic amines is 1. The van der Waals surface area contributed by atoms with Crippen LogP contribution in [0, 0.1) is 5.82 Å². The Kier molecular flexibility index (Phi) is 4.38. The number of nitrogens with two attached hydrogens (primary N) is 1. The van der Waals surface area contributed by atoms with Crippen molar-refractivity contribution in [3.8, 4) is 0 Å². The predicted molar refractivity (Wildman–Crippen MR) is 79.2 cm³/mol. The second-order valence-corrected chi connectivity index (χ2v) is 6.50. The number of aryl methyl sites for hydroxylation is 1. The van der Waals surface area contributed by atoms with Crippen molar-refractivity contribution in [2.75, 3.05) is 10.5 Å². The van der Waals surface area contributed by atoms with E-state index in [1.807, 2.05) is 6.92 Å². The van der Waals surface area contributed by atoms with Gasteiger partial charge in [0.25, 0.3) is 10.0 Å². The second-order valence-electron chi connectivity index (χ2n) is 4.44. The maximum absolute atomic E-state index is 13.2. The molecule has 2 aromatic rings. The molecule has 0 fully saturated rings. The van der Waals surface area contributed by atoms with E-state index in [9.17, 15) is 12.8 Å². The smallest absolute Gasteiger partial charge is 0.264 e. The van der Waals surface area contributed by atoms with Gasteiger partial charge in [-0.2, -0.15) is 5.10 Å². The number of halogens is 2. The SMILES string of the molecule is CCCc1cc(NS(=O)(=O)c2cc(N)c(F)cc2Cl)n[nH]1. The molecule has 1 aromatic heterocycles. The summed E-state index contributed by atoms with van der Waals surface area (Å²) in [5.74, 6) is -0.638. The minimum atomic E-state index is -4.00. The van der Waals surface area contributed by atoms with Crippen LogP contribution in [0.4, 0.5) is 15.9 Å². The highest BCUT2D eigenvalue weighted by atomic mass is 35.5. The van der Waals surface area contributed by atoms with E-state index in [0.717, 1.165) is 30.7 Å². The molecule has 6 nitrogen and oxygen atoms in total. The van der Waals surface area contributed by atoms with Crippen molar-refractivity contribution in [2.45, 2.75) is 24.7 Å². The number of rotatable bonds is 5. The molecule has 0 atom stereocenters. The van der Waals surface area contributed by atoms with Crippen LogP contribution in [-0.4, -0.2) is 18.6 Å². The Labute approximate surface area is 126 Å². The maximum atomic E-state index is 13.2. The molecule has 114 valence electrons. The number of aromatic nitrogens is 2. The van der Waals surface area contributed by atoms with Gasteiger partial charge in [-0.1, -0.05) is 24.9 Å². The molecular weight excluding hydrogens is 319 g/mol. The van der Waals surface area contributed by atoms with Crippen molar-refractivity contribution >= 4 is 33.1 Å². The molecule has 0 saturated heterocycles. The molecule has 0 bridgehead atoms. The van der Waals surface area contributed by atoms with Gasteiger partial charge in [-0.3, -0.25) is 9.82 Å². The van der Waals surface area contributed by atoms with Crippen molar-refractivity contribution in [2.24, 2.45) is 0 Å². The molecule has 2 rings (SSSR count). The Morgan fingerprint density at radius 1 is 1.43 bits per heavy atom. The Hall–Kier alpha value is -1.80. The van der Waals surface area contributed by atoms with Crippen LogP contribution < -0.4 is 10.5 Å². The van der Waals surface area contributed by atoms with E-state index >= 15 is 0 Å². The Balaban J connectivity index is 2.31. The number of nitrogens with one attached hydrogen (secondary N) is 2. The Morgan fingerprint density at radius 2 is 2.14 bits per heavy atom. The van der Waals surface area contributed by atoms with Crippen molar-refractivity contribution in [3.63, 3.8) is 0 Å². The minimum absolute atomic E-state index is 0.136. The van der Waals surface area contributed by atoms with Gasteiger partial charge < -0.3 is 5.73 Å². The third kappa shape index (κ3) is 3.45. The van der Waals surface area contributed by atoms with Gasteiger partial charge in [0.2, 0.25) is 0 Å². The first kappa shape index (κ1) is 15.6. The van der Waals surface area contributed by atoms with Crippen LogP contribution in [0.3, 0.4) is 0 Å². The van der Waals surface area contributed by atoms with Crippen molar-refractivity contribution in [1.29, 1.82) is 0 Å². The first-order chi connectivity index (χ1) is 9.83. The van der Waals surface area contributed by atoms with E-state index in [1.54, 1.807) is 6.07 Å². The number of hydrogen-bond donors (Lipinski definition) is 3. The zero-order valence-corrected chi connectivity index (χ0v) is 12.7. The van der Waals surface area contributed by atoms with Crippen LogP contribution >= 0.6 is 11.6 Å². The van der Waals surface area contributed by atoms with Crippen LogP contribution in [0.15, 0.2) is 23.1 Å². The summed E-state index contributed by atoms with van der Waals surface area (Å²) in [5, 5.41) is 6.32. The van der Waals surface area contributed by atoms with E-state index in [2.05, 4.69) is 14.9 Å². The zero-order valence-electron chi connectivity index (χ0n) is 11.2. The lowest BCUT2D eigenvalue weighted by Gasteiger charge is -2.08. The fourth-order valence-electron chi connectivity index (χ4n) is 1.75. The summed E-state index contributed by atoms with van der Waals surface area (Å²) in [6.45, 7) is 1.99. The van der Waals surface area contributed by atoms with E-state index in [0.29, 0.717) is 0 Å². The van der Waals surface area contributed by atoms with E-state index in [-0.39, 0.29) is 21.4 Å². The monoisotopic (exact) mass is 332 g/mol. The number of benzene rings is 1. The molecule has 1 heterocycles. The average molecular weight is 333 g/mol. The van der Waals surface area contributed by atoms with Gasteiger partial charge in [-0.25, -0.2) is 12.8 Å². The molecule has 0 spiro atoms. The summed E-state index contributed by atoms with van der Waals surface area (Å²) in [4.78, 5) is -0.303. The lowest BCUT2D eigenvalue weighted by Crippen LogP contribution is -2.14. The summed E-state index contributed by atoms with van der Waals surface area (Å²) in [7, 11) is -4.00. The van der Waals surface area contributed by atoms with Crippen LogP contribution in [0.25, 0.3) is 0 Å². The first-order valence-electron chi connectivity index (χ1n) is 6.15. The normalized spacial score (nSPS) is 11.6. The molecular formula is C12H14ClFN4O2S. The first-order valence-corrected chi connectivity index (χ1v) is 8.01. The Morgan fingerprint density at radius 3 is 2.81 bits per heavy atom. The lowest BCUT2D eigenvalue weighted by molar-refractivity contribution is 0.600. The molecule has 0 aliphatic carbocycles. The molecule has 0 aliphatic rings. The van der Waals surface area contributed by atoms with Crippen molar-refractivity contribution in [1.82, 2.24) is 10.2 Å². The van der Waals surface area contributed by atoms with Gasteiger partial charge in [0, 0.05) is 11.8 Å². The molecule has 9 heteroatoms. The van der Waals surface area contributed by atoms with Crippen LogP contribution in [0.5, 0.6) is 0 Å². The third-order valence-electron chi connectivity index (χ3n) is 2.73. The second kappa shape index (κ2) is 5.90. The van der Waals surface area contributed by atoms with Gasteiger partial charge in [0.05, 0.1) is 10.7 Å². The summed E-state index contributed by atoms with van der Waals surface area (Å²) >= 11 is 5.76. The van der Waals surface area contributed by atoms with Gasteiger partial charge >= 0.3 is 0 Å². The summed E-state index contributed by atoms with van der Waals surface area (Å²) < 4.78 is 39.9. The highest BCUT2D eigenvalue weighted by molar-refractivity contribution is 7.92. The summed E-state index contributed by atoms with van der Waals surface area (Å²) in [5.41, 5.74) is 5.88. The van der Waals surface area contributed by atoms with E-state index in [4.69, 9.17) is 17.3 Å². The number of hydrogen-bond acceptors (Lipinski definition) is 4. The van der Waals surface area contributed by atoms with E-state index < -0.39 is 15.8 Å². The molecule has 0 saturated carbocycles. The maximum Gasteiger partial charge on any atom is 0.264 e. The van der Waals surface area contributed by atoms with Crippen molar-refractivity contribution in [3.05, 3.63) is 34.7 Å². The number of H-pyrrole nitrogens is 1. The minimum Gasteiger partial charge on any atom is -0.396 e. The summed E-state index contributed by atoms with van der Waals surface area (Å²) in [6.07, 6.45) is 1.65. The van der Waals surface area contributed by atoms with Gasteiger partial charge in [0.1, 0.15) is 10.7 Å². The standard InChI is InChI=1S/C12H14ClFN4O2S/c1-2-3-7-4-12(17-16-7)18-21(19,20)11-6-10(15)9(14)5-8(11)13/h4-6H,2-3,15H2,1H3,(H2,16,17,18). The largest absolute Gasteiger partial charge is 0.396 e. The molecule has 4 N–H and O–H groups in total. The fraction of sp³-hybridized carbons (Fsp3) is 0.250. The van der Waals surface area contributed by atoms with Crippen molar-refractivity contribution < 1.29 is 12.8 Å². The van der Waals surface area contributed by atoms with Gasteiger partial charge in [0.15, 0.2) is 5.82 Å². The number of anilines is 2. The van der Waals surface area contributed by atoms with E-state index in [1.165, 1.54) is 0 Å². The summed E-state index contributed by atoms with van der Waals surface area (Å²) in [6, 6.07) is 3.42. The highest BCUT2D eigenvalue weighted by Crippen LogP contribution is 2.27. The molecule has 0 amide bonds. The van der Waals surface area contributed by atoms with Crippen LogP contribution in [0.1, 0.15) is 19.0 Å². The molecule has 0 unspecified atom stereocenters. The topological polar surface area (TPSA) is 101 Å². The van der Waals surface area contributed by atoms with Gasteiger partial charge in [-0.15, -0.1) is 0 Å². The number of sulfonamides is 1. The quantitative estimate of drug-likeness (QED) is 0.732. The Bertz CT molecular complexity index is 761. The molecule has 21 heavy (non-hydrogen) atoms. The van der Waals surface area contributed by atoms with Crippen LogP contribution in [0.2, 0.25) is 5.02 Å². The van der Waals surface area contributed by atoms with Crippen LogP contribution in [-0.2, 0) is 16.4 Å². The number of nitrogens with zero attached hydrogens (tertiary/aromatic N) is 1. The fourth-order valence-corrected chi connectivity index (χ4v) is 3.30. The third-order valence-corrected chi connectivity index (χ3v) is 4.55. The number of nitrogen functional groups attached to an aromatic ring is 1. The molecule has 1 aromatic carbocycles.